The molecule has 0 heterocycles. The van der Waals surface area contributed by atoms with Gasteiger partial charge in [-0.1, -0.05) is 27.2 Å². The van der Waals surface area contributed by atoms with Crippen molar-refractivity contribution < 1.29 is 9.53 Å². The van der Waals surface area contributed by atoms with Crippen molar-refractivity contribution in [3.8, 4) is 0 Å². The number of rotatable bonds is 9. The van der Waals surface area contributed by atoms with Crippen molar-refractivity contribution in [3.05, 3.63) is 0 Å². The van der Waals surface area contributed by atoms with Crippen LogP contribution in [0.25, 0.3) is 0 Å². The summed E-state index contributed by atoms with van der Waals surface area (Å²) < 4.78 is 5.37. The smallest absolute Gasteiger partial charge is 0.234 e. The lowest BCUT2D eigenvalue weighted by Crippen LogP contribution is -2.46. The number of carbonyl (C=O) groups excluding carboxylic acids is 1. The molecular formula is C11H24N2O2. The summed E-state index contributed by atoms with van der Waals surface area (Å²) in [6.07, 6.45) is 2.23. The van der Waals surface area contributed by atoms with Gasteiger partial charge in [-0.25, -0.2) is 0 Å². The molecule has 15 heavy (non-hydrogen) atoms. The molecular weight excluding hydrogens is 192 g/mol. The van der Waals surface area contributed by atoms with E-state index in [9.17, 15) is 4.79 Å². The minimum atomic E-state index is -0.293. The molecule has 0 saturated carbocycles. The number of hydrogen-bond acceptors (Lipinski definition) is 3. The van der Waals surface area contributed by atoms with Crippen LogP contribution in [0.1, 0.15) is 33.6 Å². The monoisotopic (exact) mass is 216 g/mol. The number of nitrogens with one attached hydrogen (secondary N) is 1. The van der Waals surface area contributed by atoms with Crippen LogP contribution in [-0.4, -0.2) is 31.7 Å². The summed E-state index contributed by atoms with van der Waals surface area (Å²) in [5, 5.41) is 3.10. The molecule has 1 atom stereocenters. The molecule has 0 aliphatic heterocycles. The lowest BCUT2D eigenvalue weighted by atomic mass is 10.0. The zero-order valence-electron chi connectivity index (χ0n) is 10.1. The second-order valence-electron chi connectivity index (χ2n) is 4.04. The SMILES string of the molecule is CCCCOCCNC(C(N)=O)C(C)C. The Morgan fingerprint density at radius 2 is 2.07 bits per heavy atom. The second kappa shape index (κ2) is 8.68. The van der Waals surface area contributed by atoms with Crippen molar-refractivity contribution in [1.82, 2.24) is 5.32 Å². The van der Waals surface area contributed by atoms with Gasteiger partial charge < -0.3 is 15.8 Å². The minimum Gasteiger partial charge on any atom is -0.380 e. The molecule has 0 fully saturated rings. The maximum atomic E-state index is 11.0. The van der Waals surface area contributed by atoms with Crippen molar-refractivity contribution in [3.63, 3.8) is 0 Å². The summed E-state index contributed by atoms with van der Waals surface area (Å²) in [6.45, 7) is 8.18. The molecule has 1 unspecified atom stereocenters. The maximum absolute atomic E-state index is 11.0. The molecule has 0 aliphatic rings. The quantitative estimate of drug-likeness (QED) is 0.563. The zero-order chi connectivity index (χ0) is 11.7. The molecule has 0 bridgehead atoms. The molecule has 90 valence electrons. The van der Waals surface area contributed by atoms with Gasteiger partial charge in [0.2, 0.25) is 5.91 Å². The highest BCUT2D eigenvalue weighted by atomic mass is 16.5. The fourth-order valence-electron chi connectivity index (χ4n) is 1.30. The van der Waals surface area contributed by atoms with Crippen molar-refractivity contribution in [1.29, 1.82) is 0 Å². The number of ether oxygens (including phenoxy) is 1. The van der Waals surface area contributed by atoms with Gasteiger partial charge in [0.25, 0.3) is 0 Å². The largest absolute Gasteiger partial charge is 0.380 e. The van der Waals surface area contributed by atoms with E-state index in [1.54, 1.807) is 0 Å². The van der Waals surface area contributed by atoms with Crippen LogP contribution in [0.15, 0.2) is 0 Å². The zero-order valence-corrected chi connectivity index (χ0v) is 10.1. The van der Waals surface area contributed by atoms with Crippen LogP contribution in [0.2, 0.25) is 0 Å². The van der Waals surface area contributed by atoms with Gasteiger partial charge in [0.1, 0.15) is 0 Å². The summed E-state index contributed by atoms with van der Waals surface area (Å²) in [5.41, 5.74) is 5.26. The average Bonchev–Trinajstić information content (AvgIpc) is 2.15. The number of nitrogens with two attached hydrogens (primary N) is 1. The van der Waals surface area contributed by atoms with Gasteiger partial charge in [0, 0.05) is 13.2 Å². The average molecular weight is 216 g/mol. The van der Waals surface area contributed by atoms with Gasteiger partial charge in [-0.2, -0.15) is 0 Å². The van der Waals surface area contributed by atoms with Crippen LogP contribution in [0.4, 0.5) is 0 Å². The first-order valence-electron chi connectivity index (χ1n) is 5.70. The Bertz CT molecular complexity index is 172. The van der Waals surface area contributed by atoms with E-state index in [1.807, 2.05) is 13.8 Å². The topological polar surface area (TPSA) is 64.3 Å². The van der Waals surface area contributed by atoms with Gasteiger partial charge in [-0.3, -0.25) is 4.79 Å². The first-order chi connectivity index (χ1) is 7.09. The highest BCUT2D eigenvalue weighted by Gasteiger charge is 2.17. The third kappa shape index (κ3) is 7.33. The molecule has 0 aliphatic carbocycles. The van der Waals surface area contributed by atoms with E-state index >= 15 is 0 Å². The van der Waals surface area contributed by atoms with Crippen molar-refractivity contribution >= 4 is 5.91 Å². The van der Waals surface area contributed by atoms with Crippen LogP contribution >= 0.6 is 0 Å². The molecule has 0 aromatic rings. The highest BCUT2D eigenvalue weighted by molar-refractivity contribution is 5.80. The second-order valence-corrected chi connectivity index (χ2v) is 4.04. The Morgan fingerprint density at radius 3 is 2.53 bits per heavy atom. The van der Waals surface area contributed by atoms with Gasteiger partial charge >= 0.3 is 0 Å². The molecule has 1 amide bonds. The molecule has 0 radical (unpaired) electrons. The molecule has 4 heteroatoms. The van der Waals surface area contributed by atoms with Crippen LogP contribution in [0.3, 0.4) is 0 Å². The molecule has 0 spiro atoms. The lowest BCUT2D eigenvalue weighted by molar-refractivity contribution is -0.121. The normalized spacial score (nSPS) is 13.1. The maximum Gasteiger partial charge on any atom is 0.234 e. The Labute approximate surface area is 92.6 Å². The van der Waals surface area contributed by atoms with Crippen molar-refractivity contribution in [2.75, 3.05) is 19.8 Å². The van der Waals surface area contributed by atoms with Gasteiger partial charge in [0.15, 0.2) is 0 Å². The fourth-order valence-corrected chi connectivity index (χ4v) is 1.30. The highest BCUT2D eigenvalue weighted by Crippen LogP contribution is 1.99. The summed E-state index contributed by atoms with van der Waals surface area (Å²) in [5.74, 6) is -0.0725. The van der Waals surface area contributed by atoms with E-state index in [1.165, 1.54) is 0 Å². The molecule has 0 saturated heterocycles. The molecule has 0 aromatic heterocycles. The van der Waals surface area contributed by atoms with Crippen molar-refractivity contribution in [2.24, 2.45) is 11.7 Å². The summed E-state index contributed by atoms with van der Waals surface area (Å²) in [4.78, 5) is 11.0. The van der Waals surface area contributed by atoms with E-state index in [0.29, 0.717) is 13.2 Å². The first-order valence-corrected chi connectivity index (χ1v) is 5.70. The number of primary amides is 1. The van der Waals surface area contributed by atoms with E-state index in [0.717, 1.165) is 19.4 Å². The molecule has 4 nitrogen and oxygen atoms in total. The van der Waals surface area contributed by atoms with E-state index in [2.05, 4.69) is 12.2 Å². The first kappa shape index (κ1) is 14.4. The van der Waals surface area contributed by atoms with Crippen LogP contribution in [-0.2, 0) is 9.53 Å². The lowest BCUT2D eigenvalue weighted by Gasteiger charge is -2.18. The van der Waals surface area contributed by atoms with Crippen LogP contribution in [0.5, 0.6) is 0 Å². The Hall–Kier alpha value is -0.610. The Kier molecular flexibility index (Phi) is 8.33. The summed E-state index contributed by atoms with van der Waals surface area (Å²) >= 11 is 0. The van der Waals surface area contributed by atoms with E-state index in [-0.39, 0.29) is 17.9 Å². The molecule has 0 rings (SSSR count). The van der Waals surface area contributed by atoms with Gasteiger partial charge in [-0.15, -0.1) is 0 Å². The van der Waals surface area contributed by atoms with Gasteiger partial charge in [-0.05, 0) is 12.3 Å². The Balaban J connectivity index is 3.50. The molecule has 0 aromatic carbocycles. The third-order valence-electron chi connectivity index (χ3n) is 2.23. The standard InChI is InChI=1S/C11H24N2O2/c1-4-5-7-15-8-6-13-10(9(2)3)11(12)14/h9-10,13H,4-8H2,1-3H3,(H2,12,14). The van der Waals surface area contributed by atoms with Gasteiger partial charge in [0.05, 0.1) is 12.6 Å². The van der Waals surface area contributed by atoms with E-state index < -0.39 is 0 Å². The van der Waals surface area contributed by atoms with Crippen LogP contribution in [0, 0.1) is 5.92 Å². The molecule has 3 N–H and O–H groups in total. The fraction of sp³-hybridized carbons (Fsp3) is 0.909. The summed E-state index contributed by atoms with van der Waals surface area (Å²) in [7, 11) is 0. The summed E-state index contributed by atoms with van der Waals surface area (Å²) in [6, 6.07) is -0.250. The predicted octanol–water partition coefficient (Wildman–Crippen LogP) is 0.903. The number of amides is 1. The Morgan fingerprint density at radius 1 is 1.40 bits per heavy atom. The van der Waals surface area contributed by atoms with Crippen molar-refractivity contribution in [2.45, 2.75) is 39.7 Å². The number of hydrogen-bond donors (Lipinski definition) is 2. The third-order valence-corrected chi connectivity index (χ3v) is 2.23. The number of unbranched alkanes of at least 4 members (excludes halogenated alkanes) is 1. The number of carbonyl (C=O) groups is 1. The predicted molar refractivity (Wildman–Crippen MR) is 61.6 cm³/mol. The van der Waals surface area contributed by atoms with E-state index in [4.69, 9.17) is 10.5 Å². The van der Waals surface area contributed by atoms with Crippen LogP contribution < -0.4 is 11.1 Å². The minimum absolute atomic E-state index is 0.221.